The standard InChI is InChI=1S/C18H20FN5O4S/c1-27-8-9-7-24-17(28-9)14(6-21-24)29(20,26)23-18(25)22-16-12-4-2-10(12)15(19)11-3-5-13(11)16/h6,9H,2-5,7-8H2,1H3,(H3,20,22,23,25,26)/t9-,29?/m1/s1. The molecule has 1 aromatic heterocycles. The average molecular weight is 421 g/mol. The van der Waals surface area contributed by atoms with Crippen LogP contribution in [-0.4, -0.2) is 39.8 Å². The zero-order valence-electron chi connectivity index (χ0n) is 15.7. The summed E-state index contributed by atoms with van der Waals surface area (Å²) in [6, 6.07) is -0.835. The van der Waals surface area contributed by atoms with Crippen molar-refractivity contribution in [2.24, 2.45) is 9.50 Å². The number of urea groups is 1. The Balaban J connectivity index is 1.43. The minimum Gasteiger partial charge on any atom is -0.469 e. The summed E-state index contributed by atoms with van der Waals surface area (Å²) in [5.74, 6) is 0.0781. The number of ether oxygens (including phenoxy) is 2. The van der Waals surface area contributed by atoms with E-state index in [1.165, 1.54) is 10.9 Å². The second-order valence-electron chi connectivity index (χ2n) is 7.38. The van der Waals surface area contributed by atoms with Crippen LogP contribution < -0.4 is 15.2 Å². The average Bonchev–Trinajstić information content (AvgIpc) is 3.11. The van der Waals surface area contributed by atoms with Crippen LogP contribution in [0.3, 0.4) is 0 Å². The van der Waals surface area contributed by atoms with Crippen molar-refractivity contribution < 1.29 is 22.9 Å². The van der Waals surface area contributed by atoms with Gasteiger partial charge < -0.3 is 14.8 Å². The number of anilines is 1. The minimum absolute atomic E-state index is 0.0615. The number of nitrogens with two attached hydrogens (primary N) is 1. The number of halogens is 1. The van der Waals surface area contributed by atoms with Gasteiger partial charge in [0.25, 0.3) is 0 Å². The summed E-state index contributed by atoms with van der Waals surface area (Å²) >= 11 is 0. The molecule has 3 aliphatic rings. The highest BCUT2D eigenvalue weighted by Crippen LogP contribution is 2.43. The smallest absolute Gasteiger partial charge is 0.354 e. The largest absolute Gasteiger partial charge is 0.469 e. The molecule has 1 aromatic carbocycles. The van der Waals surface area contributed by atoms with Gasteiger partial charge in [-0.2, -0.15) is 5.10 Å². The second-order valence-corrected chi connectivity index (χ2v) is 9.14. The number of fused-ring (bicyclic) bond motifs is 3. The fourth-order valence-corrected chi connectivity index (χ4v) is 5.06. The van der Waals surface area contributed by atoms with E-state index in [1.807, 2.05) is 0 Å². The van der Waals surface area contributed by atoms with E-state index in [0.717, 1.165) is 11.1 Å². The van der Waals surface area contributed by atoms with Gasteiger partial charge in [0.15, 0.2) is 9.92 Å². The summed E-state index contributed by atoms with van der Waals surface area (Å²) in [4.78, 5) is 12.6. The molecule has 5 rings (SSSR count). The summed E-state index contributed by atoms with van der Waals surface area (Å²) < 4.78 is 43.3. The molecule has 2 amide bonds. The first-order chi connectivity index (χ1) is 13.9. The van der Waals surface area contributed by atoms with Crippen molar-refractivity contribution in [2.75, 3.05) is 19.0 Å². The van der Waals surface area contributed by atoms with Crippen molar-refractivity contribution in [3.05, 3.63) is 34.3 Å². The zero-order valence-corrected chi connectivity index (χ0v) is 16.6. The van der Waals surface area contributed by atoms with Crippen molar-refractivity contribution >= 4 is 21.6 Å². The summed E-state index contributed by atoms with van der Waals surface area (Å²) in [6.07, 6.45) is 3.73. The predicted octanol–water partition coefficient (Wildman–Crippen LogP) is 1.56. The molecule has 0 saturated heterocycles. The lowest BCUT2D eigenvalue weighted by Crippen LogP contribution is -2.26. The SMILES string of the molecule is COC[C@H]1Cn2ncc(S(N)(=O)=NC(=O)Nc3c4c(c(F)c5c3CC5)CC4)c2O1. The molecule has 154 valence electrons. The third kappa shape index (κ3) is 2.83. The Morgan fingerprint density at radius 1 is 1.38 bits per heavy atom. The van der Waals surface area contributed by atoms with Gasteiger partial charge in [0, 0.05) is 12.8 Å². The van der Waals surface area contributed by atoms with Gasteiger partial charge in [-0.05, 0) is 47.9 Å². The molecule has 3 N–H and O–H groups in total. The van der Waals surface area contributed by atoms with Crippen molar-refractivity contribution in [3.63, 3.8) is 0 Å². The molecule has 2 atom stereocenters. The Hall–Kier alpha value is -2.50. The predicted molar refractivity (Wildman–Crippen MR) is 102 cm³/mol. The van der Waals surface area contributed by atoms with Crippen molar-refractivity contribution in [2.45, 2.75) is 43.2 Å². The monoisotopic (exact) mass is 421 g/mol. The molecule has 0 saturated carbocycles. The number of nitrogens with one attached hydrogen (secondary N) is 1. The van der Waals surface area contributed by atoms with E-state index in [4.69, 9.17) is 14.6 Å². The van der Waals surface area contributed by atoms with Gasteiger partial charge >= 0.3 is 6.03 Å². The van der Waals surface area contributed by atoms with Crippen molar-refractivity contribution in [3.8, 4) is 5.88 Å². The third-order valence-corrected chi connectivity index (χ3v) is 6.99. The summed E-state index contributed by atoms with van der Waals surface area (Å²) in [7, 11) is -2.03. The topological polar surface area (TPSA) is 121 Å². The van der Waals surface area contributed by atoms with Crippen LogP contribution in [0.1, 0.15) is 22.3 Å². The molecule has 2 aliphatic carbocycles. The number of hydrogen-bond acceptors (Lipinski definition) is 5. The fraction of sp³-hybridized carbons (Fsp3) is 0.444. The van der Waals surface area contributed by atoms with E-state index < -0.39 is 15.9 Å². The second kappa shape index (κ2) is 6.51. The number of carbonyl (C=O) groups is 1. The normalized spacial score (nSPS) is 20.3. The number of rotatable bonds is 4. The van der Waals surface area contributed by atoms with Crippen LogP contribution in [0.4, 0.5) is 14.9 Å². The number of hydrogen-bond donors (Lipinski definition) is 2. The molecular formula is C18H20FN5O4S. The fourth-order valence-electron chi connectivity index (χ4n) is 4.07. The summed E-state index contributed by atoms with van der Waals surface area (Å²) in [5.41, 5.74) is 3.49. The lowest BCUT2D eigenvalue weighted by atomic mass is 9.76. The minimum atomic E-state index is -3.58. The molecule has 0 radical (unpaired) electrons. The van der Waals surface area contributed by atoms with Crippen LogP contribution in [0.25, 0.3) is 0 Å². The van der Waals surface area contributed by atoms with Gasteiger partial charge in [-0.15, -0.1) is 4.36 Å². The van der Waals surface area contributed by atoms with Crippen LogP contribution in [-0.2, 0) is 46.9 Å². The number of benzene rings is 1. The number of carbonyl (C=O) groups excluding carboxylic acids is 1. The Labute approximate surface area is 166 Å². The molecule has 2 aromatic rings. The van der Waals surface area contributed by atoms with Crippen LogP contribution >= 0.6 is 0 Å². The Morgan fingerprint density at radius 2 is 2.03 bits per heavy atom. The van der Waals surface area contributed by atoms with Crippen LogP contribution in [0.2, 0.25) is 0 Å². The summed E-state index contributed by atoms with van der Waals surface area (Å²) in [5, 5.41) is 12.7. The molecule has 11 heteroatoms. The van der Waals surface area contributed by atoms with Gasteiger partial charge in [-0.1, -0.05) is 0 Å². The first-order valence-electron chi connectivity index (χ1n) is 9.31. The number of nitrogens with zero attached hydrogens (tertiary/aromatic N) is 3. The van der Waals surface area contributed by atoms with E-state index in [9.17, 15) is 13.4 Å². The highest BCUT2D eigenvalue weighted by atomic mass is 32.2. The van der Waals surface area contributed by atoms with E-state index in [-0.39, 0.29) is 22.7 Å². The van der Waals surface area contributed by atoms with E-state index >= 15 is 0 Å². The lowest BCUT2D eigenvalue weighted by Gasteiger charge is -2.32. The highest BCUT2D eigenvalue weighted by Gasteiger charge is 2.34. The Morgan fingerprint density at radius 3 is 2.62 bits per heavy atom. The van der Waals surface area contributed by atoms with Gasteiger partial charge in [0.2, 0.25) is 5.88 Å². The van der Waals surface area contributed by atoms with E-state index in [2.05, 4.69) is 14.8 Å². The highest BCUT2D eigenvalue weighted by molar-refractivity contribution is 7.91. The number of amides is 2. The molecule has 2 heterocycles. The summed E-state index contributed by atoms with van der Waals surface area (Å²) in [6.45, 7) is 0.770. The van der Waals surface area contributed by atoms with Crippen LogP contribution in [0, 0.1) is 5.82 Å². The molecule has 1 unspecified atom stereocenters. The number of methoxy groups -OCH3 is 1. The quantitative estimate of drug-likeness (QED) is 0.776. The van der Waals surface area contributed by atoms with Gasteiger partial charge in [0.1, 0.15) is 16.8 Å². The van der Waals surface area contributed by atoms with Crippen LogP contribution in [0.15, 0.2) is 15.5 Å². The maximum Gasteiger partial charge on any atom is 0.354 e. The molecular weight excluding hydrogens is 401 g/mol. The number of aromatic nitrogens is 2. The van der Waals surface area contributed by atoms with E-state index in [1.54, 1.807) is 7.11 Å². The van der Waals surface area contributed by atoms with Gasteiger partial charge in [0.05, 0.1) is 19.3 Å². The Kier molecular flexibility index (Phi) is 4.16. The zero-order chi connectivity index (χ0) is 20.3. The molecule has 1 aliphatic heterocycles. The van der Waals surface area contributed by atoms with Crippen LogP contribution in [0.5, 0.6) is 5.88 Å². The van der Waals surface area contributed by atoms with Gasteiger partial charge in [-0.3, -0.25) is 0 Å². The molecule has 0 fully saturated rings. The molecule has 9 nitrogen and oxygen atoms in total. The molecule has 0 bridgehead atoms. The van der Waals surface area contributed by atoms with E-state index in [0.29, 0.717) is 55.6 Å². The third-order valence-electron chi connectivity index (χ3n) is 5.64. The molecule has 0 spiro atoms. The maximum absolute atomic E-state index is 14.3. The van der Waals surface area contributed by atoms with Gasteiger partial charge in [-0.25, -0.2) is 23.2 Å². The first kappa shape index (κ1) is 18.5. The first-order valence-corrected chi connectivity index (χ1v) is 10.9. The van der Waals surface area contributed by atoms with Crippen molar-refractivity contribution in [1.82, 2.24) is 9.78 Å². The Bertz CT molecular complexity index is 1130. The lowest BCUT2D eigenvalue weighted by molar-refractivity contribution is 0.0920. The molecule has 29 heavy (non-hydrogen) atoms. The van der Waals surface area contributed by atoms with Crippen molar-refractivity contribution in [1.29, 1.82) is 0 Å². The maximum atomic E-state index is 14.3.